The van der Waals surface area contributed by atoms with Crippen LogP contribution in [0, 0.1) is 0 Å². The summed E-state index contributed by atoms with van der Waals surface area (Å²) in [5, 5.41) is 0.691. The molecule has 5 nitrogen and oxygen atoms in total. The van der Waals surface area contributed by atoms with Gasteiger partial charge in [-0.2, -0.15) is 0 Å². The molecule has 1 unspecified atom stereocenters. The standard InChI is InChI=1S/C21H22ClN3O2/c1-15(26)24-12-4-7-20(24)21-23-18-5-2-3-6-19(18)25(21)13-14-27-17-10-8-16(22)9-11-17/h2-3,5-6,8-11,20H,4,7,12-14H2,1H3. The Kier molecular flexibility index (Phi) is 5.03. The van der Waals surface area contributed by atoms with Crippen molar-refractivity contribution in [3.8, 4) is 5.75 Å². The van der Waals surface area contributed by atoms with E-state index in [1.807, 2.05) is 47.4 Å². The van der Waals surface area contributed by atoms with Gasteiger partial charge in [0.15, 0.2) is 0 Å². The molecule has 27 heavy (non-hydrogen) atoms. The Bertz CT molecular complexity index is 952. The van der Waals surface area contributed by atoms with E-state index >= 15 is 0 Å². The molecular weight excluding hydrogens is 362 g/mol. The topological polar surface area (TPSA) is 47.4 Å². The van der Waals surface area contributed by atoms with E-state index < -0.39 is 0 Å². The Labute approximate surface area is 163 Å². The van der Waals surface area contributed by atoms with Crippen molar-refractivity contribution in [2.45, 2.75) is 32.4 Å². The maximum Gasteiger partial charge on any atom is 0.220 e. The van der Waals surface area contributed by atoms with E-state index in [2.05, 4.69) is 10.6 Å². The fraction of sp³-hybridized carbons (Fsp3) is 0.333. The lowest BCUT2D eigenvalue weighted by atomic mass is 10.2. The summed E-state index contributed by atoms with van der Waals surface area (Å²) >= 11 is 5.92. The van der Waals surface area contributed by atoms with Gasteiger partial charge in [-0.3, -0.25) is 4.79 Å². The van der Waals surface area contributed by atoms with Gasteiger partial charge in [-0.15, -0.1) is 0 Å². The number of para-hydroxylation sites is 2. The highest BCUT2D eigenvalue weighted by atomic mass is 35.5. The number of hydrogen-bond acceptors (Lipinski definition) is 3. The molecule has 2 aromatic carbocycles. The van der Waals surface area contributed by atoms with E-state index in [9.17, 15) is 4.79 Å². The fourth-order valence-electron chi connectivity index (χ4n) is 3.78. The number of halogens is 1. The number of imidazole rings is 1. The molecule has 1 fully saturated rings. The number of carbonyl (C=O) groups excluding carboxylic acids is 1. The third-order valence-corrected chi connectivity index (χ3v) is 5.29. The van der Waals surface area contributed by atoms with E-state index in [0.29, 0.717) is 18.2 Å². The number of rotatable bonds is 5. The Morgan fingerprint density at radius 3 is 2.78 bits per heavy atom. The summed E-state index contributed by atoms with van der Waals surface area (Å²) in [6.07, 6.45) is 1.95. The first-order valence-electron chi connectivity index (χ1n) is 9.24. The molecule has 6 heteroatoms. The second kappa shape index (κ2) is 7.61. The van der Waals surface area contributed by atoms with Crippen molar-refractivity contribution in [3.63, 3.8) is 0 Å². The first-order valence-corrected chi connectivity index (χ1v) is 9.62. The lowest BCUT2D eigenvalue weighted by Gasteiger charge is -2.24. The third kappa shape index (κ3) is 3.65. The summed E-state index contributed by atoms with van der Waals surface area (Å²) in [7, 11) is 0. The zero-order chi connectivity index (χ0) is 18.8. The smallest absolute Gasteiger partial charge is 0.220 e. The molecule has 0 saturated carbocycles. The van der Waals surface area contributed by atoms with Crippen LogP contribution in [0.1, 0.15) is 31.6 Å². The number of benzene rings is 2. The number of ether oxygens (including phenoxy) is 1. The number of nitrogens with zero attached hydrogens (tertiary/aromatic N) is 3. The highest BCUT2D eigenvalue weighted by Crippen LogP contribution is 2.33. The van der Waals surface area contributed by atoms with Gasteiger partial charge in [0.25, 0.3) is 0 Å². The van der Waals surface area contributed by atoms with Crippen LogP contribution < -0.4 is 4.74 Å². The van der Waals surface area contributed by atoms with Gasteiger partial charge >= 0.3 is 0 Å². The average Bonchev–Trinajstić information content (AvgIpc) is 3.28. The van der Waals surface area contributed by atoms with Crippen molar-refractivity contribution in [1.29, 1.82) is 0 Å². The molecule has 140 valence electrons. The SMILES string of the molecule is CC(=O)N1CCCC1c1nc2ccccc2n1CCOc1ccc(Cl)cc1. The number of fused-ring (bicyclic) bond motifs is 1. The van der Waals surface area contributed by atoms with Crippen LogP contribution in [0.4, 0.5) is 0 Å². The zero-order valence-corrected chi connectivity index (χ0v) is 16.0. The van der Waals surface area contributed by atoms with Crippen molar-refractivity contribution < 1.29 is 9.53 Å². The lowest BCUT2D eigenvalue weighted by molar-refractivity contribution is -0.129. The molecule has 1 aliphatic heterocycles. The van der Waals surface area contributed by atoms with Crippen LogP contribution in [0.2, 0.25) is 5.02 Å². The highest BCUT2D eigenvalue weighted by Gasteiger charge is 2.32. The molecule has 0 N–H and O–H groups in total. The Morgan fingerprint density at radius 2 is 2.00 bits per heavy atom. The molecule has 4 rings (SSSR count). The normalized spacial score (nSPS) is 16.8. The predicted octanol–water partition coefficient (Wildman–Crippen LogP) is 4.45. The van der Waals surface area contributed by atoms with E-state index in [1.54, 1.807) is 6.92 Å². The summed E-state index contributed by atoms with van der Waals surface area (Å²) in [6, 6.07) is 15.5. The molecule has 2 heterocycles. The van der Waals surface area contributed by atoms with Gasteiger partial charge in [0.2, 0.25) is 5.91 Å². The monoisotopic (exact) mass is 383 g/mol. The van der Waals surface area contributed by atoms with Crippen molar-refractivity contribution in [1.82, 2.24) is 14.5 Å². The minimum absolute atomic E-state index is 0.0328. The molecule has 1 atom stereocenters. The van der Waals surface area contributed by atoms with E-state index in [0.717, 1.165) is 42.0 Å². The molecule has 0 aliphatic carbocycles. The first kappa shape index (κ1) is 17.9. The molecular formula is C21H22ClN3O2. The van der Waals surface area contributed by atoms with Gasteiger partial charge in [0.1, 0.15) is 18.2 Å². The predicted molar refractivity (Wildman–Crippen MR) is 106 cm³/mol. The van der Waals surface area contributed by atoms with Crippen LogP contribution in [-0.2, 0) is 11.3 Å². The highest BCUT2D eigenvalue weighted by molar-refractivity contribution is 6.30. The van der Waals surface area contributed by atoms with E-state index in [4.69, 9.17) is 21.3 Å². The van der Waals surface area contributed by atoms with Gasteiger partial charge in [-0.1, -0.05) is 23.7 Å². The molecule has 0 radical (unpaired) electrons. The van der Waals surface area contributed by atoms with E-state index in [-0.39, 0.29) is 11.9 Å². The molecule has 1 amide bonds. The molecule has 3 aromatic rings. The Balaban J connectivity index is 1.60. The molecule has 1 saturated heterocycles. The number of hydrogen-bond donors (Lipinski definition) is 0. The first-order chi connectivity index (χ1) is 13.1. The van der Waals surface area contributed by atoms with Crippen LogP contribution >= 0.6 is 11.6 Å². The minimum atomic E-state index is 0.0328. The van der Waals surface area contributed by atoms with Crippen molar-refractivity contribution in [2.75, 3.05) is 13.2 Å². The van der Waals surface area contributed by atoms with Gasteiger partial charge in [0.05, 0.1) is 23.6 Å². The largest absolute Gasteiger partial charge is 0.492 e. The number of aromatic nitrogens is 2. The Hall–Kier alpha value is -2.53. The molecule has 0 spiro atoms. The third-order valence-electron chi connectivity index (χ3n) is 5.04. The van der Waals surface area contributed by atoms with Crippen LogP contribution in [0.25, 0.3) is 11.0 Å². The van der Waals surface area contributed by atoms with E-state index in [1.165, 1.54) is 0 Å². The fourth-order valence-corrected chi connectivity index (χ4v) is 3.91. The quantitative estimate of drug-likeness (QED) is 0.653. The van der Waals surface area contributed by atoms with Crippen molar-refractivity contribution in [2.24, 2.45) is 0 Å². The van der Waals surface area contributed by atoms with Crippen LogP contribution in [0.15, 0.2) is 48.5 Å². The summed E-state index contributed by atoms with van der Waals surface area (Å²) in [5.41, 5.74) is 2.03. The van der Waals surface area contributed by atoms with Gasteiger partial charge in [-0.25, -0.2) is 4.98 Å². The van der Waals surface area contributed by atoms with Crippen molar-refractivity contribution in [3.05, 3.63) is 59.4 Å². The summed E-state index contributed by atoms with van der Waals surface area (Å²) < 4.78 is 8.08. The lowest BCUT2D eigenvalue weighted by Crippen LogP contribution is -2.30. The average molecular weight is 384 g/mol. The number of amides is 1. The summed E-state index contributed by atoms with van der Waals surface area (Å²) in [5.74, 6) is 1.84. The zero-order valence-electron chi connectivity index (χ0n) is 15.3. The van der Waals surface area contributed by atoms with Gasteiger partial charge < -0.3 is 14.2 Å². The summed E-state index contributed by atoms with van der Waals surface area (Å²) in [4.78, 5) is 18.8. The molecule has 1 aliphatic rings. The number of likely N-dealkylation sites (tertiary alicyclic amines) is 1. The second-order valence-electron chi connectivity index (χ2n) is 6.78. The maximum atomic E-state index is 12.0. The van der Waals surface area contributed by atoms with Crippen molar-refractivity contribution >= 4 is 28.5 Å². The molecule has 0 bridgehead atoms. The van der Waals surface area contributed by atoms with Gasteiger partial charge in [0, 0.05) is 18.5 Å². The van der Waals surface area contributed by atoms with Crippen LogP contribution in [0.5, 0.6) is 5.75 Å². The Morgan fingerprint density at radius 1 is 1.22 bits per heavy atom. The maximum absolute atomic E-state index is 12.0. The molecule has 1 aromatic heterocycles. The van der Waals surface area contributed by atoms with Gasteiger partial charge in [-0.05, 0) is 49.2 Å². The van der Waals surface area contributed by atoms with Crippen LogP contribution in [0.3, 0.4) is 0 Å². The number of carbonyl (C=O) groups is 1. The van der Waals surface area contributed by atoms with Crippen LogP contribution in [-0.4, -0.2) is 33.5 Å². The minimum Gasteiger partial charge on any atom is -0.492 e. The second-order valence-corrected chi connectivity index (χ2v) is 7.22. The summed E-state index contributed by atoms with van der Waals surface area (Å²) in [6.45, 7) is 3.61.